The van der Waals surface area contributed by atoms with Crippen molar-refractivity contribution in [1.82, 2.24) is 0 Å². The van der Waals surface area contributed by atoms with Crippen LogP contribution >= 0.6 is 15.9 Å². The minimum atomic E-state index is -0.449. The zero-order chi connectivity index (χ0) is 30.0. The van der Waals surface area contributed by atoms with Gasteiger partial charge in [0.15, 0.2) is 0 Å². The van der Waals surface area contributed by atoms with Crippen molar-refractivity contribution in [2.45, 2.75) is 84.5 Å². The molecule has 0 fully saturated rings. The lowest BCUT2D eigenvalue weighted by Gasteiger charge is -2.10. The number of hydrogen-bond donors (Lipinski definition) is 0. The smallest absolute Gasteiger partial charge is 0.343 e. The fourth-order valence-electron chi connectivity index (χ4n) is 4.47. The van der Waals surface area contributed by atoms with Crippen LogP contribution in [0.1, 0.15) is 94.8 Å². The molecule has 0 aromatic heterocycles. The Hall–Kier alpha value is -3.12. The van der Waals surface area contributed by atoms with Crippen molar-refractivity contribution in [3.8, 4) is 28.4 Å². The summed E-state index contributed by atoms with van der Waals surface area (Å²) in [6.45, 7) is 4.51. The van der Waals surface area contributed by atoms with Crippen molar-refractivity contribution in [2.75, 3.05) is 11.9 Å². The van der Waals surface area contributed by atoms with Gasteiger partial charge < -0.3 is 14.2 Å². The third-order valence-electron chi connectivity index (χ3n) is 7.37. The van der Waals surface area contributed by atoms with Gasteiger partial charge in [-0.2, -0.15) is 0 Å². The molecule has 3 aromatic carbocycles. The first-order chi connectivity index (χ1) is 20.5. The van der Waals surface area contributed by atoms with Crippen molar-refractivity contribution < 1.29 is 23.8 Å². The van der Waals surface area contributed by atoms with Crippen LogP contribution in [0.25, 0.3) is 11.1 Å². The molecule has 3 aromatic rings. The van der Waals surface area contributed by atoms with Crippen molar-refractivity contribution in [2.24, 2.45) is 5.92 Å². The van der Waals surface area contributed by atoms with E-state index >= 15 is 0 Å². The van der Waals surface area contributed by atoms with Crippen LogP contribution in [0.2, 0.25) is 0 Å². The van der Waals surface area contributed by atoms with Gasteiger partial charge in [0.1, 0.15) is 17.2 Å². The van der Waals surface area contributed by atoms with E-state index in [0.717, 1.165) is 35.2 Å². The minimum Gasteiger partial charge on any atom is -0.494 e. The Morgan fingerprint density at radius 2 is 1.07 bits per heavy atom. The Morgan fingerprint density at radius 1 is 0.619 bits per heavy atom. The van der Waals surface area contributed by atoms with E-state index in [9.17, 15) is 9.59 Å². The van der Waals surface area contributed by atoms with Gasteiger partial charge in [0.25, 0.3) is 0 Å². The van der Waals surface area contributed by atoms with E-state index in [0.29, 0.717) is 23.5 Å². The number of alkyl halides is 1. The molecule has 0 spiro atoms. The molecule has 0 aliphatic carbocycles. The summed E-state index contributed by atoms with van der Waals surface area (Å²) in [4.78, 5) is 24.6. The SMILES string of the molecule is CCC(C)C(=O)Oc1ccc(OC(=O)c2ccc(-c3ccc(OCCCCCCCCCCCCBr)cc3)cc2)cc1. The van der Waals surface area contributed by atoms with Crippen LogP contribution in [0.5, 0.6) is 17.2 Å². The Bertz CT molecular complexity index is 1190. The van der Waals surface area contributed by atoms with Crippen molar-refractivity contribution in [1.29, 1.82) is 0 Å². The topological polar surface area (TPSA) is 61.8 Å². The highest BCUT2D eigenvalue weighted by Gasteiger charge is 2.14. The molecule has 42 heavy (non-hydrogen) atoms. The normalized spacial score (nSPS) is 11.6. The molecule has 0 saturated carbocycles. The molecule has 1 atom stereocenters. The maximum absolute atomic E-state index is 12.6. The molecule has 0 radical (unpaired) electrons. The van der Waals surface area contributed by atoms with Crippen LogP contribution in [-0.4, -0.2) is 23.9 Å². The number of esters is 2. The molecule has 0 aliphatic heterocycles. The van der Waals surface area contributed by atoms with Gasteiger partial charge in [-0.1, -0.05) is 105 Å². The second kappa shape index (κ2) is 19.1. The summed E-state index contributed by atoms with van der Waals surface area (Å²) in [7, 11) is 0. The average Bonchev–Trinajstić information content (AvgIpc) is 3.02. The molecule has 1 unspecified atom stereocenters. The molecule has 0 heterocycles. The molecule has 0 aliphatic rings. The van der Waals surface area contributed by atoms with E-state index < -0.39 is 5.97 Å². The summed E-state index contributed by atoms with van der Waals surface area (Å²) < 4.78 is 16.8. The predicted octanol–water partition coefficient (Wildman–Crippen LogP) is 10.2. The Balaban J connectivity index is 1.35. The lowest BCUT2D eigenvalue weighted by atomic mass is 10.0. The molecular formula is C36H45BrO5. The molecule has 0 bridgehead atoms. The van der Waals surface area contributed by atoms with Gasteiger partial charge in [-0.05, 0) is 78.9 Å². The summed E-state index contributed by atoms with van der Waals surface area (Å²) in [6, 6.07) is 21.9. The molecule has 6 heteroatoms. The Morgan fingerprint density at radius 3 is 1.60 bits per heavy atom. The fourth-order valence-corrected chi connectivity index (χ4v) is 4.86. The zero-order valence-corrected chi connectivity index (χ0v) is 26.7. The van der Waals surface area contributed by atoms with E-state index in [4.69, 9.17) is 14.2 Å². The number of hydrogen-bond acceptors (Lipinski definition) is 5. The van der Waals surface area contributed by atoms with Crippen LogP contribution in [0.3, 0.4) is 0 Å². The summed E-state index contributed by atoms with van der Waals surface area (Å²) in [6.07, 6.45) is 13.7. The number of carbonyl (C=O) groups is 2. The van der Waals surface area contributed by atoms with Crippen LogP contribution in [0.4, 0.5) is 0 Å². The average molecular weight is 638 g/mol. The van der Waals surface area contributed by atoms with E-state index in [-0.39, 0.29) is 11.9 Å². The number of unbranched alkanes of at least 4 members (excludes halogenated alkanes) is 9. The van der Waals surface area contributed by atoms with Crippen molar-refractivity contribution in [3.05, 3.63) is 78.4 Å². The van der Waals surface area contributed by atoms with Gasteiger partial charge in [-0.3, -0.25) is 4.79 Å². The summed E-state index contributed by atoms with van der Waals surface area (Å²) >= 11 is 3.49. The van der Waals surface area contributed by atoms with E-state index in [1.54, 1.807) is 36.4 Å². The van der Waals surface area contributed by atoms with Crippen LogP contribution in [-0.2, 0) is 4.79 Å². The third kappa shape index (κ3) is 12.0. The summed E-state index contributed by atoms with van der Waals surface area (Å²) in [5.74, 6) is 0.797. The molecule has 0 amide bonds. The van der Waals surface area contributed by atoms with E-state index in [2.05, 4.69) is 15.9 Å². The number of halogens is 1. The van der Waals surface area contributed by atoms with Crippen LogP contribution < -0.4 is 14.2 Å². The van der Waals surface area contributed by atoms with Crippen LogP contribution in [0.15, 0.2) is 72.8 Å². The van der Waals surface area contributed by atoms with Gasteiger partial charge in [-0.25, -0.2) is 4.79 Å². The molecule has 226 valence electrons. The molecule has 0 saturated heterocycles. The lowest BCUT2D eigenvalue weighted by Crippen LogP contribution is -2.16. The highest BCUT2D eigenvalue weighted by molar-refractivity contribution is 9.09. The summed E-state index contributed by atoms with van der Waals surface area (Å²) in [5.41, 5.74) is 2.52. The van der Waals surface area contributed by atoms with Gasteiger partial charge in [0, 0.05) is 5.33 Å². The first kappa shape index (κ1) is 33.4. The molecule has 0 N–H and O–H groups in total. The number of ether oxygens (including phenoxy) is 3. The molecular weight excluding hydrogens is 592 g/mol. The van der Waals surface area contributed by atoms with Crippen molar-refractivity contribution >= 4 is 27.9 Å². The van der Waals surface area contributed by atoms with Gasteiger partial charge in [0.05, 0.1) is 18.1 Å². The highest BCUT2D eigenvalue weighted by Crippen LogP contribution is 2.24. The maximum Gasteiger partial charge on any atom is 0.343 e. The predicted molar refractivity (Wildman–Crippen MR) is 174 cm³/mol. The number of rotatable bonds is 19. The fraction of sp³-hybridized carbons (Fsp3) is 0.444. The van der Waals surface area contributed by atoms with Gasteiger partial charge in [-0.15, -0.1) is 0 Å². The minimum absolute atomic E-state index is 0.167. The van der Waals surface area contributed by atoms with Gasteiger partial charge >= 0.3 is 11.9 Å². The Kier molecular flexibility index (Phi) is 15.2. The standard InChI is InChI=1S/C36H45BrO5/c1-3-28(2)35(38)41-33-22-24-34(25-23-33)42-36(39)31-16-14-29(15-17-31)30-18-20-32(21-19-30)40-27-13-11-9-7-5-4-6-8-10-12-26-37/h14-25,28H,3-13,26-27H2,1-2H3. The van der Waals surface area contributed by atoms with Crippen molar-refractivity contribution in [3.63, 3.8) is 0 Å². The summed E-state index contributed by atoms with van der Waals surface area (Å²) in [5, 5.41) is 1.13. The zero-order valence-electron chi connectivity index (χ0n) is 25.1. The molecule has 3 rings (SSSR count). The lowest BCUT2D eigenvalue weighted by molar-refractivity contribution is -0.138. The molecule has 5 nitrogen and oxygen atoms in total. The second-order valence-electron chi connectivity index (χ2n) is 10.8. The quantitative estimate of drug-likeness (QED) is 0.0567. The second-order valence-corrected chi connectivity index (χ2v) is 11.6. The van der Waals surface area contributed by atoms with Gasteiger partial charge in [0.2, 0.25) is 0 Å². The first-order valence-electron chi connectivity index (χ1n) is 15.4. The third-order valence-corrected chi connectivity index (χ3v) is 7.93. The highest BCUT2D eigenvalue weighted by atomic mass is 79.9. The Labute approximate surface area is 260 Å². The largest absolute Gasteiger partial charge is 0.494 e. The van der Waals surface area contributed by atoms with E-state index in [1.165, 1.54) is 57.8 Å². The van der Waals surface area contributed by atoms with Crippen LogP contribution in [0, 0.1) is 5.92 Å². The maximum atomic E-state index is 12.6. The monoisotopic (exact) mass is 636 g/mol. The van der Waals surface area contributed by atoms with E-state index in [1.807, 2.05) is 50.2 Å². The number of benzene rings is 3. The first-order valence-corrected chi connectivity index (χ1v) is 16.6. The number of carbonyl (C=O) groups excluding carboxylic acids is 2.